The molecule has 0 aromatic rings. The highest BCUT2D eigenvalue weighted by atomic mass is 16.6. The Balaban J connectivity index is 4.42. The number of aliphatic carboxylic acids is 1. The van der Waals surface area contributed by atoms with Crippen LogP contribution in [0, 0.1) is 0 Å². The number of unbranched alkanes of at least 4 members (excludes halogenated alkanes) is 10. The second-order valence-electron chi connectivity index (χ2n) is 17.7. The number of carboxylic acids is 1. The van der Waals surface area contributed by atoms with E-state index < -0.39 is 18.1 Å². The maximum Gasteiger partial charge on any atom is 0.362 e. The molecule has 0 aliphatic rings. The first kappa shape index (κ1) is 61.7. The van der Waals surface area contributed by atoms with Gasteiger partial charge in [0.05, 0.1) is 34.4 Å². The van der Waals surface area contributed by atoms with Crippen molar-refractivity contribution >= 4 is 17.9 Å². The van der Waals surface area contributed by atoms with Gasteiger partial charge < -0.3 is 23.8 Å². The molecule has 8 nitrogen and oxygen atoms in total. The smallest absolute Gasteiger partial charge is 0.362 e. The van der Waals surface area contributed by atoms with Crippen LogP contribution in [-0.2, 0) is 28.6 Å². The van der Waals surface area contributed by atoms with Crippen molar-refractivity contribution in [2.45, 2.75) is 187 Å². The van der Waals surface area contributed by atoms with Crippen LogP contribution in [0.3, 0.4) is 0 Å². The Morgan fingerprint density at radius 1 is 0.470 bits per heavy atom. The van der Waals surface area contributed by atoms with Crippen molar-refractivity contribution in [3.05, 3.63) is 122 Å². The van der Waals surface area contributed by atoms with Crippen LogP contribution in [0.2, 0.25) is 0 Å². The van der Waals surface area contributed by atoms with Crippen LogP contribution in [-0.4, -0.2) is 80.6 Å². The molecule has 0 spiro atoms. The van der Waals surface area contributed by atoms with Gasteiger partial charge in [-0.15, -0.1) is 0 Å². The Bertz CT molecular complexity index is 1490. The predicted octanol–water partition coefficient (Wildman–Crippen LogP) is 15.0. The van der Waals surface area contributed by atoms with E-state index in [1.807, 2.05) is 21.1 Å². The molecule has 0 saturated carbocycles. The highest BCUT2D eigenvalue weighted by molar-refractivity contribution is 5.72. The molecule has 66 heavy (non-hydrogen) atoms. The Hall–Kier alpha value is -4.27. The van der Waals surface area contributed by atoms with Crippen molar-refractivity contribution in [3.8, 4) is 0 Å². The number of quaternary nitrogens is 1. The maximum absolute atomic E-state index is 12.8. The molecule has 0 heterocycles. The van der Waals surface area contributed by atoms with Gasteiger partial charge in [0.1, 0.15) is 6.61 Å². The molecule has 0 saturated heterocycles. The molecule has 0 aliphatic carbocycles. The molecule has 0 aromatic carbocycles. The molecule has 0 amide bonds. The first-order chi connectivity index (χ1) is 32.1. The fourth-order valence-corrected chi connectivity index (χ4v) is 6.66. The zero-order valence-electron chi connectivity index (χ0n) is 42.3. The number of esters is 2. The molecule has 372 valence electrons. The number of rotatable bonds is 44. The van der Waals surface area contributed by atoms with Crippen molar-refractivity contribution in [2.75, 3.05) is 41.0 Å². The Morgan fingerprint density at radius 2 is 0.848 bits per heavy atom. The summed E-state index contributed by atoms with van der Waals surface area (Å²) in [4.78, 5) is 37.2. The minimum absolute atomic E-state index is 0.0283. The second-order valence-corrected chi connectivity index (χ2v) is 17.7. The van der Waals surface area contributed by atoms with Crippen LogP contribution in [0.15, 0.2) is 122 Å². The summed E-state index contributed by atoms with van der Waals surface area (Å²) < 4.78 is 17.3. The molecular formula is C58H94NO7+. The zero-order valence-corrected chi connectivity index (χ0v) is 42.3. The summed E-state index contributed by atoms with van der Waals surface area (Å²) in [6.45, 7) is 4.51. The van der Waals surface area contributed by atoms with Gasteiger partial charge in [-0.2, -0.15) is 0 Å². The van der Waals surface area contributed by atoms with Gasteiger partial charge in [0.15, 0.2) is 12.1 Å². The highest BCUT2D eigenvalue weighted by Crippen LogP contribution is 2.12. The molecule has 2 unspecified atom stereocenters. The first-order valence-electron chi connectivity index (χ1n) is 25.6. The number of nitrogens with zero attached hydrogens (tertiary/aromatic N) is 1. The summed E-state index contributed by atoms with van der Waals surface area (Å²) in [5, 5.41) is 9.66. The lowest BCUT2D eigenvalue weighted by Crippen LogP contribution is -2.50. The van der Waals surface area contributed by atoms with Crippen molar-refractivity contribution in [3.63, 3.8) is 0 Å². The third kappa shape index (κ3) is 44.9. The number of carboxylic acid groups (broad SMARTS) is 1. The van der Waals surface area contributed by atoms with Gasteiger partial charge in [0.25, 0.3) is 0 Å². The van der Waals surface area contributed by atoms with E-state index in [1.165, 1.54) is 25.7 Å². The van der Waals surface area contributed by atoms with Crippen LogP contribution in [0.4, 0.5) is 0 Å². The number of carbonyl (C=O) groups is 3. The van der Waals surface area contributed by atoms with Gasteiger partial charge in [-0.25, -0.2) is 4.79 Å². The van der Waals surface area contributed by atoms with E-state index in [4.69, 9.17) is 14.2 Å². The Labute approximate surface area is 403 Å². The quantitative estimate of drug-likeness (QED) is 0.0281. The SMILES string of the molecule is CC/C=C/C/C=C/C/C=C/C/C=C/C/C=C/C/C=C/CCCCC(=O)OC(COCCC(C(=O)O)[N+](C)(C)C)COC(=O)CCCCCCC/C=C/C/C=C/C/C=C/C/C=C/CCCCC. The molecule has 0 aliphatic heterocycles. The number of hydrogen-bond acceptors (Lipinski definition) is 6. The molecule has 8 heteroatoms. The lowest BCUT2D eigenvalue weighted by molar-refractivity contribution is -0.887. The van der Waals surface area contributed by atoms with Crippen molar-refractivity contribution in [1.82, 2.24) is 0 Å². The summed E-state index contributed by atoms with van der Waals surface area (Å²) in [7, 11) is 5.50. The molecule has 0 radical (unpaired) electrons. The third-order valence-electron chi connectivity index (χ3n) is 10.6. The maximum atomic E-state index is 12.8. The van der Waals surface area contributed by atoms with Crippen LogP contribution in [0.1, 0.15) is 174 Å². The fourth-order valence-electron chi connectivity index (χ4n) is 6.66. The Kier molecular flexibility index (Phi) is 44.2. The van der Waals surface area contributed by atoms with E-state index in [-0.39, 0.29) is 42.7 Å². The minimum Gasteiger partial charge on any atom is -0.477 e. The number of hydrogen-bond donors (Lipinski definition) is 1. The second kappa shape index (κ2) is 47.2. The number of allylic oxidation sites excluding steroid dienone is 20. The molecule has 0 aromatic heterocycles. The van der Waals surface area contributed by atoms with E-state index in [9.17, 15) is 19.5 Å². The van der Waals surface area contributed by atoms with Crippen LogP contribution < -0.4 is 0 Å². The normalized spacial score (nSPS) is 13.9. The van der Waals surface area contributed by atoms with Gasteiger partial charge >= 0.3 is 17.9 Å². The van der Waals surface area contributed by atoms with E-state index in [0.29, 0.717) is 19.3 Å². The monoisotopic (exact) mass is 917 g/mol. The van der Waals surface area contributed by atoms with Gasteiger partial charge in [-0.05, 0) is 109 Å². The standard InChI is InChI=1S/C58H93NO7/c1-6-8-10-12-14-16-18-20-22-24-26-28-30-32-34-36-38-40-42-44-46-48-56(60)65-53-54(52-64-51-50-55(58(62)63)59(3,4)5)66-57(61)49-47-45-43-41-39-37-35-33-31-29-27-25-23-21-19-17-15-13-11-9-7-2/h9,11,14-17,20-23,26-29,32-35,39,41,54-55H,6-8,10,12-13,18-19,24-25,30-31,36-38,40,42-53H2,1-5H3/p+1/b11-9+,16-14+,17-15+,22-20+,23-21+,28-26+,29-27+,34-32+,35-33+,41-39+. The molecular weight excluding hydrogens is 823 g/mol. The van der Waals surface area contributed by atoms with Gasteiger partial charge in [-0.3, -0.25) is 9.59 Å². The molecule has 1 N–H and O–H groups in total. The summed E-state index contributed by atoms with van der Waals surface area (Å²) in [5.74, 6) is -1.56. The van der Waals surface area contributed by atoms with Crippen LogP contribution in [0.25, 0.3) is 0 Å². The largest absolute Gasteiger partial charge is 0.477 e. The van der Waals surface area contributed by atoms with Crippen molar-refractivity contribution in [1.29, 1.82) is 0 Å². The predicted molar refractivity (Wildman–Crippen MR) is 279 cm³/mol. The lowest BCUT2D eigenvalue weighted by atomic mass is 10.1. The van der Waals surface area contributed by atoms with E-state index in [2.05, 4.69) is 135 Å². The average molecular weight is 917 g/mol. The number of ether oxygens (including phenoxy) is 3. The molecule has 0 rings (SSSR count). The fraction of sp³-hybridized carbons (Fsp3) is 0.603. The molecule has 0 fully saturated rings. The topological polar surface area (TPSA) is 99.1 Å². The number of likely N-dealkylation sites (N-methyl/N-ethyl adjacent to an activating group) is 1. The lowest BCUT2D eigenvalue weighted by Gasteiger charge is -2.31. The van der Waals surface area contributed by atoms with E-state index >= 15 is 0 Å². The van der Waals surface area contributed by atoms with Crippen molar-refractivity contribution in [2.24, 2.45) is 0 Å². The minimum atomic E-state index is -0.890. The van der Waals surface area contributed by atoms with Crippen LogP contribution in [0.5, 0.6) is 0 Å². The summed E-state index contributed by atoms with van der Waals surface area (Å²) in [5.41, 5.74) is 0. The summed E-state index contributed by atoms with van der Waals surface area (Å²) in [6.07, 6.45) is 66.8. The van der Waals surface area contributed by atoms with Gasteiger partial charge in [-0.1, -0.05) is 167 Å². The molecule has 0 bridgehead atoms. The summed E-state index contributed by atoms with van der Waals surface area (Å²) >= 11 is 0. The van der Waals surface area contributed by atoms with Crippen LogP contribution >= 0.6 is 0 Å². The van der Waals surface area contributed by atoms with Gasteiger partial charge in [0.2, 0.25) is 0 Å². The highest BCUT2D eigenvalue weighted by Gasteiger charge is 2.31. The van der Waals surface area contributed by atoms with E-state index in [1.54, 1.807) is 0 Å². The summed E-state index contributed by atoms with van der Waals surface area (Å²) in [6, 6.07) is -0.635. The van der Waals surface area contributed by atoms with Crippen molar-refractivity contribution < 1.29 is 38.2 Å². The Morgan fingerprint density at radius 3 is 1.29 bits per heavy atom. The average Bonchev–Trinajstić information content (AvgIpc) is 3.28. The number of carbonyl (C=O) groups excluding carboxylic acids is 2. The van der Waals surface area contributed by atoms with Gasteiger partial charge in [0, 0.05) is 19.3 Å². The van der Waals surface area contributed by atoms with E-state index in [0.717, 1.165) is 109 Å². The third-order valence-corrected chi connectivity index (χ3v) is 10.6. The first-order valence-corrected chi connectivity index (χ1v) is 25.6. The zero-order chi connectivity index (χ0) is 48.4. The molecule has 2 atom stereocenters.